The average molecular weight is 310 g/mol. The number of aromatic nitrogens is 2. The second-order valence-electron chi connectivity index (χ2n) is 5.98. The summed E-state index contributed by atoms with van der Waals surface area (Å²) in [5.74, 6) is 0.679. The predicted octanol–water partition coefficient (Wildman–Crippen LogP) is 1.03. The molecule has 4 rings (SSSR count). The third kappa shape index (κ3) is 3.09. The fourth-order valence-electron chi connectivity index (χ4n) is 3.40. The van der Waals surface area contributed by atoms with Crippen LogP contribution in [0.2, 0.25) is 0 Å². The molecule has 116 valence electrons. The molecule has 4 heterocycles. The molecule has 0 aromatic carbocycles. The maximum atomic E-state index is 12.7. The molecule has 2 atom stereocenters. The molecule has 1 aromatic heterocycles. The van der Waals surface area contributed by atoms with Crippen molar-refractivity contribution >= 4 is 17.4 Å². The second kappa shape index (κ2) is 6.37. The first-order valence-electron chi connectivity index (χ1n) is 7.50. The third-order valence-electron chi connectivity index (χ3n) is 4.54. The quantitative estimate of drug-likeness (QED) is 0.831. The van der Waals surface area contributed by atoms with Crippen molar-refractivity contribution in [2.24, 2.45) is 5.92 Å². The van der Waals surface area contributed by atoms with Crippen LogP contribution in [0.4, 0.5) is 0 Å². The van der Waals surface area contributed by atoms with Crippen LogP contribution >= 0.6 is 11.5 Å². The molecule has 3 fully saturated rings. The standard InChI is InChI=1S/C14H22N4O2S/c1-10-13(21-16-15-10)14(19)18-8-11-3-4-12(9-18)17(7-11)5-6-20-2/h11-12H,3-9H2,1-2H3/t11-,12-/m0/s1. The highest BCUT2D eigenvalue weighted by molar-refractivity contribution is 7.07. The van der Waals surface area contributed by atoms with E-state index in [0.717, 1.165) is 38.5 Å². The normalized spacial score (nSPS) is 26.1. The van der Waals surface area contributed by atoms with Crippen molar-refractivity contribution in [3.8, 4) is 0 Å². The lowest BCUT2D eigenvalue weighted by Gasteiger charge is -2.35. The molecule has 0 N–H and O–H groups in total. The Morgan fingerprint density at radius 2 is 2.24 bits per heavy atom. The van der Waals surface area contributed by atoms with Crippen LogP contribution in [0.15, 0.2) is 0 Å². The Labute approximate surface area is 129 Å². The van der Waals surface area contributed by atoms with Crippen LogP contribution in [-0.2, 0) is 4.74 Å². The van der Waals surface area contributed by atoms with Crippen molar-refractivity contribution in [3.05, 3.63) is 10.6 Å². The lowest BCUT2D eigenvalue weighted by molar-refractivity contribution is 0.0721. The molecule has 0 spiro atoms. The molecule has 0 aliphatic carbocycles. The van der Waals surface area contributed by atoms with Gasteiger partial charge in [-0.25, -0.2) is 0 Å². The minimum Gasteiger partial charge on any atom is -0.383 e. The zero-order valence-corrected chi connectivity index (χ0v) is 13.4. The van der Waals surface area contributed by atoms with E-state index in [9.17, 15) is 4.79 Å². The number of carbonyl (C=O) groups is 1. The maximum Gasteiger partial charge on any atom is 0.267 e. The number of aryl methyl sites for hydroxylation is 1. The molecule has 2 bridgehead atoms. The van der Waals surface area contributed by atoms with Crippen LogP contribution in [0.3, 0.4) is 0 Å². The smallest absolute Gasteiger partial charge is 0.267 e. The first-order valence-corrected chi connectivity index (χ1v) is 8.27. The summed E-state index contributed by atoms with van der Waals surface area (Å²) in [6.07, 6.45) is 2.40. The van der Waals surface area contributed by atoms with Gasteiger partial charge in [0, 0.05) is 39.3 Å². The summed E-state index contributed by atoms with van der Waals surface area (Å²) in [6, 6.07) is 0.462. The van der Waals surface area contributed by atoms with Gasteiger partial charge in [-0.05, 0) is 37.2 Å². The topological polar surface area (TPSA) is 58.6 Å². The van der Waals surface area contributed by atoms with E-state index in [0.29, 0.717) is 16.8 Å². The monoisotopic (exact) mass is 310 g/mol. The molecule has 3 aliphatic heterocycles. The molecule has 0 saturated carbocycles. The minimum absolute atomic E-state index is 0.105. The van der Waals surface area contributed by atoms with Gasteiger partial charge in [0.1, 0.15) is 4.88 Å². The van der Waals surface area contributed by atoms with Gasteiger partial charge in [-0.2, -0.15) is 0 Å². The number of methoxy groups -OCH3 is 1. The van der Waals surface area contributed by atoms with Gasteiger partial charge in [0.2, 0.25) is 0 Å². The van der Waals surface area contributed by atoms with Crippen LogP contribution in [0, 0.1) is 12.8 Å². The summed E-state index contributed by atoms with van der Waals surface area (Å²) in [5.41, 5.74) is 0.748. The molecule has 1 aromatic rings. The van der Waals surface area contributed by atoms with Crippen molar-refractivity contribution < 1.29 is 9.53 Å². The van der Waals surface area contributed by atoms with Crippen molar-refractivity contribution in [3.63, 3.8) is 0 Å². The Balaban J connectivity index is 1.72. The van der Waals surface area contributed by atoms with E-state index in [4.69, 9.17) is 4.74 Å². The van der Waals surface area contributed by atoms with E-state index >= 15 is 0 Å². The van der Waals surface area contributed by atoms with E-state index < -0.39 is 0 Å². The van der Waals surface area contributed by atoms with Gasteiger partial charge < -0.3 is 9.64 Å². The van der Waals surface area contributed by atoms with Crippen molar-refractivity contribution in [1.29, 1.82) is 0 Å². The first-order chi connectivity index (χ1) is 10.2. The third-order valence-corrected chi connectivity index (χ3v) is 5.36. The predicted molar refractivity (Wildman–Crippen MR) is 80.5 cm³/mol. The highest BCUT2D eigenvalue weighted by Crippen LogP contribution is 2.29. The zero-order chi connectivity index (χ0) is 14.8. The number of rotatable bonds is 4. The summed E-state index contributed by atoms with van der Waals surface area (Å²) in [6.45, 7) is 6.33. The van der Waals surface area contributed by atoms with Gasteiger partial charge in [0.15, 0.2) is 0 Å². The lowest BCUT2D eigenvalue weighted by atomic mass is 9.95. The molecule has 0 radical (unpaired) electrons. The van der Waals surface area contributed by atoms with Crippen LogP contribution in [0.25, 0.3) is 0 Å². The first kappa shape index (κ1) is 14.9. The Bertz CT molecular complexity index is 507. The van der Waals surface area contributed by atoms with Crippen LogP contribution in [-0.4, -0.2) is 71.2 Å². The van der Waals surface area contributed by atoms with E-state index in [1.54, 1.807) is 7.11 Å². The summed E-state index contributed by atoms with van der Waals surface area (Å²) < 4.78 is 9.09. The molecule has 1 amide bonds. The van der Waals surface area contributed by atoms with Crippen LogP contribution < -0.4 is 0 Å². The SMILES string of the molecule is COCCN1C[C@@H]2CC[C@H]1CN(C(=O)c1snnc1C)C2. The molecule has 3 aliphatic rings. The number of hydrogen-bond acceptors (Lipinski definition) is 6. The number of piperidine rings is 1. The summed E-state index contributed by atoms with van der Waals surface area (Å²) in [4.78, 5) is 17.9. The van der Waals surface area contributed by atoms with E-state index in [1.165, 1.54) is 24.4 Å². The fraction of sp³-hybridized carbons (Fsp3) is 0.786. The van der Waals surface area contributed by atoms with Crippen molar-refractivity contribution in [2.75, 3.05) is 39.9 Å². The Hall–Kier alpha value is -1.05. The number of ether oxygens (including phenoxy) is 1. The highest BCUT2D eigenvalue weighted by Gasteiger charge is 2.37. The minimum atomic E-state index is 0.105. The van der Waals surface area contributed by atoms with E-state index in [-0.39, 0.29) is 5.91 Å². The number of carbonyl (C=O) groups excluding carboxylic acids is 1. The molecule has 6 nitrogen and oxygen atoms in total. The van der Waals surface area contributed by atoms with Gasteiger partial charge in [0.25, 0.3) is 5.91 Å². The fourth-order valence-corrected chi connectivity index (χ4v) is 4.02. The Morgan fingerprint density at radius 1 is 1.38 bits per heavy atom. The lowest BCUT2D eigenvalue weighted by Crippen LogP contribution is -2.45. The molecular weight excluding hydrogens is 288 g/mol. The summed E-state index contributed by atoms with van der Waals surface area (Å²) >= 11 is 1.21. The van der Waals surface area contributed by atoms with Gasteiger partial charge in [-0.1, -0.05) is 4.49 Å². The average Bonchev–Trinajstić information content (AvgIpc) is 2.72. The van der Waals surface area contributed by atoms with Gasteiger partial charge in [-0.3, -0.25) is 9.69 Å². The molecular formula is C14H22N4O2S. The molecule has 3 saturated heterocycles. The van der Waals surface area contributed by atoms with Crippen LogP contribution in [0.1, 0.15) is 28.2 Å². The van der Waals surface area contributed by atoms with E-state index in [2.05, 4.69) is 14.5 Å². The number of hydrogen-bond donors (Lipinski definition) is 0. The number of amides is 1. The van der Waals surface area contributed by atoms with Crippen molar-refractivity contribution in [2.45, 2.75) is 25.8 Å². The highest BCUT2D eigenvalue weighted by atomic mass is 32.1. The maximum absolute atomic E-state index is 12.7. The number of nitrogens with zero attached hydrogens (tertiary/aromatic N) is 4. The molecule has 21 heavy (non-hydrogen) atoms. The summed E-state index contributed by atoms with van der Waals surface area (Å²) in [5, 5.41) is 3.96. The van der Waals surface area contributed by atoms with E-state index in [1.807, 2.05) is 11.8 Å². The largest absolute Gasteiger partial charge is 0.383 e. The van der Waals surface area contributed by atoms with Gasteiger partial charge in [0.05, 0.1) is 12.3 Å². The Morgan fingerprint density at radius 3 is 2.95 bits per heavy atom. The summed E-state index contributed by atoms with van der Waals surface area (Å²) in [7, 11) is 1.74. The second-order valence-corrected chi connectivity index (χ2v) is 6.74. The van der Waals surface area contributed by atoms with Crippen molar-refractivity contribution in [1.82, 2.24) is 19.4 Å². The molecule has 0 unspecified atom stereocenters. The van der Waals surface area contributed by atoms with Gasteiger partial charge >= 0.3 is 0 Å². The number of fused-ring (bicyclic) bond motifs is 4. The van der Waals surface area contributed by atoms with Crippen LogP contribution in [0.5, 0.6) is 0 Å². The molecule has 7 heteroatoms. The zero-order valence-electron chi connectivity index (χ0n) is 12.6. The Kier molecular flexibility index (Phi) is 4.51. The van der Waals surface area contributed by atoms with Gasteiger partial charge in [-0.15, -0.1) is 5.10 Å².